The van der Waals surface area contributed by atoms with Gasteiger partial charge in [-0.25, -0.2) is 8.42 Å². The summed E-state index contributed by atoms with van der Waals surface area (Å²) in [7, 11) is -1.25. The molecular formula is C22H20N2O5S. The summed E-state index contributed by atoms with van der Waals surface area (Å²) < 4.78 is 33.5. The fourth-order valence-corrected chi connectivity index (χ4v) is 3.99. The molecule has 1 amide bonds. The Morgan fingerprint density at radius 1 is 0.867 bits per heavy atom. The highest BCUT2D eigenvalue weighted by atomic mass is 32.2. The van der Waals surface area contributed by atoms with Gasteiger partial charge in [0.15, 0.2) is 5.78 Å². The molecule has 0 aliphatic heterocycles. The Hall–Kier alpha value is -3.65. The molecule has 0 saturated carbocycles. The molecule has 2 N–H and O–H groups in total. The standard InChI is InChI=1S/C22H20N2O5S/c1-23-22(26)18-14-16(12-13-20(18)29-2)30(27,28)24-19-11-7-6-10-17(19)21(25)15-8-4-3-5-9-15/h3-14,24H,1-2H3,(H,23,26). The molecule has 3 rings (SSSR count). The molecule has 0 fully saturated rings. The Kier molecular flexibility index (Phi) is 6.17. The molecule has 0 radical (unpaired) electrons. The first-order chi connectivity index (χ1) is 14.4. The van der Waals surface area contributed by atoms with E-state index in [1.165, 1.54) is 38.4 Å². The maximum atomic E-state index is 13.0. The van der Waals surface area contributed by atoms with Crippen molar-refractivity contribution in [3.63, 3.8) is 0 Å². The lowest BCUT2D eigenvalue weighted by Gasteiger charge is -2.14. The SMILES string of the molecule is CNC(=O)c1cc(S(=O)(=O)Nc2ccccc2C(=O)c2ccccc2)ccc1OC. The summed E-state index contributed by atoms with van der Waals surface area (Å²) in [5.41, 5.74) is 0.878. The fourth-order valence-electron chi connectivity index (χ4n) is 2.89. The normalized spacial score (nSPS) is 10.9. The molecule has 154 valence electrons. The van der Waals surface area contributed by atoms with E-state index >= 15 is 0 Å². The van der Waals surface area contributed by atoms with Gasteiger partial charge in [-0.3, -0.25) is 14.3 Å². The molecule has 8 heteroatoms. The molecule has 0 saturated heterocycles. The molecule has 0 bridgehead atoms. The van der Waals surface area contributed by atoms with Crippen LogP contribution in [0, 0.1) is 0 Å². The minimum Gasteiger partial charge on any atom is -0.496 e. The lowest BCUT2D eigenvalue weighted by molar-refractivity contribution is 0.0959. The van der Waals surface area contributed by atoms with Gasteiger partial charge in [0.05, 0.1) is 23.3 Å². The van der Waals surface area contributed by atoms with E-state index in [0.717, 1.165) is 0 Å². The first-order valence-corrected chi connectivity index (χ1v) is 10.5. The second-order valence-electron chi connectivity index (χ2n) is 6.29. The van der Waals surface area contributed by atoms with Crippen LogP contribution in [0.4, 0.5) is 5.69 Å². The van der Waals surface area contributed by atoms with E-state index in [4.69, 9.17) is 4.74 Å². The number of hydrogen-bond acceptors (Lipinski definition) is 5. The van der Waals surface area contributed by atoms with Crippen LogP contribution in [0.2, 0.25) is 0 Å². The van der Waals surface area contributed by atoms with Crippen LogP contribution in [0.15, 0.2) is 77.7 Å². The van der Waals surface area contributed by atoms with Crippen LogP contribution in [0.1, 0.15) is 26.3 Å². The zero-order chi connectivity index (χ0) is 21.7. The Balaban J connectivity index is 1.99. The average molecular weight is 424 g/mol. The van der Waals surface area contributed by atoms with E-state index in [1.807, 2.05) is 0 Å². The van der Waals surface area contributed by atoms with Crippen molar-refractivity contribution in [2.24, 2.45) is 0 Å². The monoisotopic (exact) mass is 424 g/mol. The van der Waals surface area contributed by atoms with Crippen molar-refractivity contribution in [2.75, 3.05) is 18.9 Å². The van der Waals surface area contributed by atoms with Crippen LogP contribution in [0.25, 0.3) is 0 Å². The second kappa shape index (κ2) is 8.79. The highest BCUT2D eigenvalue weighted by Crippen LogP contribution is 2.26. The Morgan fingerprint density at radius 2 is 1.53 bits per heavy atom. The number of carbonyl (C=O) groups excluding carboxylic acids is 2. The van der Waals surface area contributed by atoms with Crippen molar-refractivity contribution >= 4 is 27.4 Å². The number of ether oxygens (including phenoxy) is 1. The summed E-state index contributed by atoms with van der Waals surface area (Å²) in [4.78, 5) is 24.8. The summed E-state index contributed by atoms with van der Waals surface area (Å²) in [6.07, 6.45) is 0. The molecule has 0 aliphatic rings. The minimum absolute atomic E-state index is 0.0801. The predicted octanol–water partition coefficient (Wildman–Crippen LogP) is 3.09. The number of amides is 1. The van der Waals surface area contributed by atoms with Crippen LogP contribution in [0.3, 0.4) is 0 Å². The van der Waals surface area contributed by atoms with Gasteiger partial charge in [-0.15, -0.1) is 0 Å². The van der Waals surface area contributed by atoms with E-state index < -0.39 is 15.9 Å². The molecule has 0 unspecified atom stereocenters. The largest absolute Gasteiger partial charge is 0.496 e. The van der Waals surface area contributed by atoms with Crippen molar-refractivity contribution in [3.05, 3.63) is 89.5 Å². The van der Waals surface area contributed by atoms with Crippen LogP contribution in [-0.2, 0) is 10.0 Å². The third-order valence-corrected chi connectivity index (χ3v) is 5.77. The summed E-state index contributed by atoms with van der Waals surface area (Å²) >= 11 is 0. The van der Waals surface area contributed by atoms with Gasteiger partial charge in [-0.2, -0.15) is 0 Å². The van der Waals surface area contributed by atoms with Gasteiger partial charge in [-0.1, -0.05) is 42.5 Å². The van der Waals surface area contributed by atoms with Crippen molar-refractivity contribution in [1.82, 2.24) is 5.32 Å². The number of methoxy groups -OCH3 is 1. The molecule has 0 heterocycles. The highest BCUT2D eigenvalue weighted by Gasteiger charge is 2.22. The van der Waals surface area contributed by atoms with E-state index in [-0.39, 0.29) is 33.2 Å². The van der Waals surface area contributed by atoms with Crippen LogP contribution >= 0.6 is 0 Å². The van der Waals surface area contributed by atoms with E-state index in [2.05, 4.69) is 10.0 Å². The molecule has 0 atom stereocenters. The number of rotatable bonds is 7. The number of ketones is 1. The summed E-state index contributed by atoms with van der Waals surface area (Å²) in [6.45, 7) is 0. The van der Waals surface area contributed by atoms with Gasteiger partial charge < -0.3 is 10.1 Å². The smallest absolute Gasteiger partial charge is 0.261 e. The summed E-state index contributed by atoms with van der Waals surface area (Å²) in [5, 5.41) is 2.45. The predicted molar refractivity (Wildman–Crippen MR) is 114 cm³/mol. The molecule has 3 aromatic carbocycles. The van der Waals surface area contributed by atoms with Gasteiger partial charge in [0.25, 0.3) is 15.9 Å². The van der Waals surface area contributed by atoms with Crippen molar-refractivity contribution in [2.45, 2.75) is 4.90 Å². The molecule has 0 spiro atoms. The number of benzene rings is 3. The van der Waals surface area contributed by atoms with Crippen molar-refractivity contribution < 1.29 is 22.7 Å². The third kappa shape index (κ3) is 4.33. The second-order valence-corrected chi connectivity index (χ2v) is 7.97. The first-order valence-electron chi connectivity index (χ1n) is 8.99. The number of sulfonamides is 1. The molecule has 0 aliphatic carbocycles. The summed E-state index contributed by atoms with van der Waals surface area (Å²) in [5.74, 6) is -0.550. The van der Waals surface area contributed by atoms with Crippen LogP contribution in [-0.4, -0.2) is 34.3 Å². The Labute approximate surface area is 174 Å². The maximum absolute atomic E-state index is 13.0. The van der Waals surface area contributed by atoms with Gasteiger partial charge >= 0.3 is 0 Å². The van der Waals surface area contributed by atoms with Gasteiger partial charge in [0.1, 0.15) is 5.75 Å². The Morgan fingerprint density at radius 3 is 2.20 bits per heavy atom. The first kappa shape index (κ1) is 21.1. The van der Waals surface area contributed by atoms with Gasteiger partial charge in [0.2, 0.25) is 0 Å². The van der Waals surface area contributed by atoms with E-state index in [0.29, 0.717) is 5.56 Å². The zero-order valence-electron chi connectivity index (χ0n) is 16.4. The van der Waals surface area contributed by atoms with Crippen molar-refractivity contribution in [3.8, 4) is 5.75 Å². The molecular weight excluding hydrogens is 404 g/mol. The molecule has 30 heavy (non-hydrogen) atoms. The zero-order valence-corrected chi connectivity index (χ0v) is 17.2. The number of anilines is 1. The quantitative estimate of drug-likeness (QED) is 0.568. The summed E-state index contributed by atoms with van der Waals surface area (Å²) in [6, 6.07) is 18.9. The number of nitrogens with one attached hydrogen (secondary N) is 2. The van der Waals surface area contributed by atoms with E-state index in [9.17, 15) is 18.0 Å². The molecule has 7 nitrogen and oxygen atoms in total. The van der Waals surface area contributed by atoms with E-state index in [1.54, 1.807) is 48.5 Å². The van der Waals surface area contributed by atoms with Crippen LogP contribution < -0.4 is 14.8 Å². The fraction of sp³-hybridized carbons (Fsp3) is 0.0909. The van der Waals surface area contributed by atoms with Crippen molar-refractivity contribution in [1.29, 1.82) is 0 Å². The maximum Gasteiger partial charge on any atom is 0.261 e. The number of hydrogen-bond donors (Lipinski definition) is 2. The highest BCUT2D eigenvalue weighted by molar-refractivity contribution is 7.92. The molecule has 3 aromatic rings. The average Bonchev–Trinajstić information content (AvgIpc) is 2.78. The lowest BCUT2D eigenvalue weighted by atomic mass is 10.0. The number of carbonyl (C=O) groups is 2. The third-order valence-electron chi connectivity index (χ3n) is 4.40. The Bertz CT molecular complexity index is 1190. The van der Waals surface area contributed by atoms with Crippen LogP contribution in [0.5, 0.6) is 5.75 Å². The van der Waals surface area contributed by atoms with Gasteiger partial charge in [-0.05, 0) is 30.3 Å². The van der Waals surface area contributed by atoms with Gasteiger partial charge in [0, 0.05) is 18.2 Å². The number of para-hydroxylation sites is 1. The minimum atomic E-state index is -4.08. The molecule has 0 aromatic heterocycles. The topological polar surface area (TPSA) is 102 Å². The lowest BCUT2D eigenvalue weighted by Crippen LogP contribution is -2.20.